The molecule has 1 spiro atoms. The number of pyridine rings is 1. The summed E-state index contributed by atoms with van der Waals surface area (Å²) < 4.78 is 6.54. The number of carboxylic acid groups (broad SMARTS) is 1. The molecule has 2 N–H and O–H groups in total. The number of fused-ring (bicyclic) bond motifs is 3. The zero-order valence-electron chi connectivity index (χ0n) is 25.0. The molecule has 6 heteroatoms. The Hall–Kier alpha value is -3.05. The minimum absolute atomic E-state index is 0.0136. The van der Waals surface area contributed by atoms with E-state index in [4.69, 9.17) is 21.3 Å². The number of carbonyl (C=O) groups is 1. The molecule has 1 aromatic heterocycles. The lowest BCUT2D eigenvalue weighted by Gasteiger charge is -2.47. The van der Waals surface area contributed by atoms with E-state index >= 15 is 0 Å². The number of ether oxygens (including phenoxy) is 1. The topological polar surface area (TPSA) is 71.5 Å². The molecule has 3 aromatic rings. The Morgan fingerprint density at radius 1 is 1.10 bits per heavy atom. The van der Waals surface area contributed by atoms with Gasteiger partial charge in [-0.25, -0.2) is 4.79 Å². The van der Waals surface area contributed by atoms with Gasteiger partial charge in [-0.2, -0.15) is 0 Å². The second-order valence-electron chi connectivity index (χ2n) is 13.5. The van der Waals surface area contributed by atoms with Gasteiger partial charge in [0, 0.05) is 28.2 Å². The van der Waals surface area contributed by atoms with Crippen molar-refractivity contribution in [1.29, 1.82) is 0 Å². The van der Waals surface area contributed by atoms with Gasteiger partial charge in [-0.1, -0.05) is 62.7 Å². The van der Waals surface area contributed by atoms with E-state index in [0.717, 1.165) is 43.5 Å². The standard InChI is InChI=1S/C36H43ClN2O3/c1-23-17-25(3)33-31(19-23)38-16-11-32(33)42-22-24(2)18-27-20-26-7-4-5-10-30(26)35(27)12-14-36(15-13-35,34(40)41)39-29-9-6-8-28(37)21-29/h4-11,16,21,23-25,27,39H,12-15,17-20,22H2,1-3H3,(H,40,41)/t23-,24+,25+,27?,35?,36?/m0/s1. The van der Waals surface area contributed by atoms with Crippen LogP contribution in [-0.2, 0) is 23.1 Å². The molecule has 1 unspecified atom stereocenters. The van der Waals surface area contributed by atoms with Crippen molar-refractivity contribution in [2.45, 2.75) is 89.0 Å². The minimum atomic E-state index is -0.999. The number of nitrogens with zero attached hydrogens (tertiary/aromatic N) is 1. The van der Waals surface area contributed by atoms with Crippen LogP contribution >= 0.6 is 11.6 Å². The molecule has 0 radical (unpaired) electrons. The fraction of sp³-hybridized carbons (Fsp3) is 0.500. The number of hydrogen-bond donors (Lipinski definition) is 2. The highest BCUT2D eigenvalue weighted by Crippen LogP contribution is 2.56. The third kappa shape index (κ3) is 5.41. The number of carboxylic acids is 1. The quantitative estimate of drug-likeness (QED) is 0.277. The maximum absolute atomic E-state index is 12.7. The predicted octanol–water partition coefficient (Wildman–Crippen LogP) is 8.45. The number of nitrogens with one attached hydrogen (secondary N) is 1. The molecular formula is C36H43ClN2O3. The van der Waals surface area contributed by atoms with Crippen LogP contribution in [0.15, 0.2) is 60.8 Å². The van der Waals surface area contributed by atoms with Gasteiger partial charge in [0.1, 0.15) is 11.3 Å². The summed E-state index contributed by atoms with van der Waals surface area (Å²) >= 11 is 6.22. The maximum atomic E-state index is 12.7. The van der Waals surface area contributed by atoms with E-state index in [-0.39, 0.29) is 5.41 Å². The SMILES string of the molecule is C[C@@H]1Cc2nccc(OC[C@H](C)CC3Cc4ccccc4C34CCC(Nc3cccc(Cl)c3)(C(=O)O)CC4)c2[C@H](C)C1. The first-order valence-electron chi connectivity index (χ1n) is 15.7. The summed E-state index contributed by atoms with van der Waals surface area (Å²) in [6.07, 6.45) is 9.04. The zero-order valence-corrected chi connectivity index (χ0v) is 25.8. The molecular weight excluding hydrogens is 544 g/mol. The molecule has 222 valence electrons. The maximum Gasteiger partial charge on any atom is 0.329 e. The summed E-state index contributed by atoms with van der Waals surface area (Å²) in [5.41, 5.74) is 5.10. The Balaban J connectivity index is 1.19. The Morgan fingerprint density at radius 2 is 1.88 bits per heavy atom. The molecule has 6 rings (SSSR count). The van der Waals surface area contributed by atoms with Crippen molar-refractivity contribution >= 4 is 23.3 Å². The Labute approximate surface area is 255 Å². The van der Waals surface area contributed by atoms with Crippen LogP contribution < -0.4 is 10.1 Å². The van der Waals surface area contributed by atoms with Crippen molar-refractivity contribution in [2.24, 2.45) is 17.8 Å². The molecule has 0 aliphatic heterocycles. The first-order valence-corrected chi connectivity index (χ1v) is 16.0. The fourth-order valence-corrected chi connectivity index (χ4v) is 8.63. The van der Waals surface area contributed by atoms with Gasteiger partial charge in [0.15, 0.2) is 0 Å². The van der Waals surface area contributed by atoms with Crippen LogP contribution in [0.2, 0.25) is 5.02 Å². The van der Waals surface area contributed by atoms with Gasteiger partial charge >= 0.3 is 5.97 Å². The largest absolute Gasteiger partial charge is 0.493 e. The highest BCUT2D eigenvalue weighted by Gasteiger charge is 2.54. The first-order chi connectivity index (χ1) is 20.2. The monoisotopic (exact) mass is 586 g/mol. The first kappa shape index (κ1) is 29.0. The van der Waals surface area contributed by atoms with Crippen LogP contribution in [0.25, 0.3) is 0 Å². The van der Waals surface area contributed by atoms with Crippen LogP contribution in [0, 0.1) is 17.8 Å². The number of aromatic nitrogens is 1. The number of halogens is 1. The van der Waals surface area contributed by atoms with Gasteiger partial charge in [-0.15, -0.1) is 0 Å². The summed E-state index contributed by atoms with van der Waals surface area (Å²) in [6.45, 7) is 7.59. The number of benzene rings is 2. The molecule has 1 fully saturated rings. The van der Waals surface area contributed by atoms with E-state index in [1.54, 1.807) is 0 Å². The van der Waals surface area contributed by atoms with E-state index in [9.17, 15) is 9.90 Å². The van der Waals surface area contributed by atoms with Crippen molar-refractivity contribution in [3.63, 3.8) is 0 Å². The van der Waals surface area contributed by atoms with Crippen molar-refractivity contribution in [1.82, 2.24) is 4.98 Å². The zero-order chi connectivity index (χ0) is 29.5. The Morgan fingerprint density at radius 3 is 2.64 bits per heavy atom. The smallest absolute Gasteiger partial charge is 0.329 e. The van der Waals surface area contributed by atoms with Gasteiger partial charge in [0.25, 0.3) is 0 Å². The molecule has 0 amide bonds. The fourth-order valence-electron chi connectivity index (χ4n) is 8.44. The van der Waals surface area contributed by atoms with Crippen LogP contribution in [0.5, 0.6) is 5.75 Å². The molecule has 1 heterocycles. The van der Waals surface area contributed by atoms with E-state index in [0.29, 0.717) is 48.1 Å². The number of anilines is 1. The lowest BCUT2D eigenvalue weighted by molar-refractivity contribution is -0.144. The van der Waals surface area contributed by atoms with Crippen molar-refractivity contribution in [3.8, 4) is 5.75 Å². The molecule has 0 bridgehead atoms. The number of aliphatic carboxylic acids is 1. The molecule has 1 saturated carbocycles. The predicted molar refractivity (Wildman–Crippen MR) is 169 cm³/mol. The van der Waals surface area contributed by atoms with Crippen LogP contribution in [0.4, 0.5) is 5.69 Å². The van der Waals surface area contributed by atoms with E-state index in [2.05, 4.69) is 50.4 Å². The summed E-state index contributed by atoms with van der Waals surface area (Å²) in [5.74, 6) is 2.17. The molecule has 5 nitrogen and oxygen atoms in total. The van der Waals surface area contributed by atoms with Gasteiger partial charge < -0.3 is 15.2 Å². The van der Waals surface area contributed by atoms with Crippen molar-refractivity contribution in [2.75, 3.05) is 11.9 Å². The van der Waals surface area contributed by atoms with E-state index < -0.39 is 11.5 Å². The molecule has 0 saturated heterocycles. The van der Waals surface area contributed by atoms with Gasteiger partial charge in [0.05, 0.1) is 6.61 Å². The molecule has 4 atom stereocenters. The molecule has 3 aliphatic rings. The number of rotatable bonds is 8. The second kappa shape index (κ2) is 11.6. The highest BCUT2D eigenvalue weighted by atomic mass is 35.5. The molecule has 42 heavy (non-hydrogen) atoms. The average molecular weight is 587 g/mol. The van der Waals surface area contributed by atoms with Crippen molar-refractivity contribution in [3.05, 3.63) is 88.2 Å². The molecule has 3 aliphatic carbocycles. The third-order valence-corrected chi connectivity index (χ3v) is 10.7. The van der Waals surface area contributed by atoms with Crippen molar-refractivity contribution < 1.29 is 14.6 Å². The van der Waals surface area contributed by atoms with Gasteiger partial charge in [-0.3, -0.25) is 4.98 Å². The van der Waals surface area contributed by atoms with Crippen LogP contribution in [-0.4, -0.2) is 28.2 Å². The Bertz CT molecular complexity index is 1450. The summed E-state index contributed by atoms with van der Waals surface area (Å²) in [4.78, 5) is 17.4. The van der Waals surface area contributed by atoms with Gasteiger partial charge in [-0.05, 0) is 116 Å². The lowest BCUT2D eigenvalue weighted by Crippen LogP contribution is -2.53. The molecule has 2 aromatic carbocycles. The minimum Gasteiger partial charge on any atom is -0.493 e. The van der Waals surface area contributed by atoms with Gasteiger partial charge in [0.2, 0.25) is 0 Å². The second-order valence-corrected chi connectivity index (χ2v) is 13.9. The van der Waals surface area contributed by atoms with Crippen LogP contribution in [0.1, 0.15) is 87.6 Å². The lowest BCUT2D eigenvalue weighted by atomic mass is 9.59. The Kier molecular flexibility index (Phi) is 7.99. The highest BCUT2D eigenvalue weighted by molar-refractivity contribution is 6.30. The third-order valence-electron chi connectivity index (χ3n) is 10.4. The summed E-state index contributed by atoms with van der Waals surface area (Å²) in [6, 6.07) is 18.3. The normalized spacial score (nSPS) is 29.0. The summed E-state index contributed by atoms with van der Waals surface area (Å²) in [7, 11) is 0. The van der Waals surface area contributed by atoms with E-state index in [1.165, 1.54) is 28.8 Å². The summed E-state index contributed by atoms with van der Waals surface area (Å²) in [5, 5.41) is 14.4. The number of hydrogen-bond acceptors (Lipinski definition) is 4. The average Bonchev–Trinajstić information content (AvgIpc) is 3.25. The van der Waals surface area contributed by atoms with E-state index in [1.807, 2.05) is 36.5 Å². The van der Waals surface area contributed by atoms with Crippen LogP contribution in [0.3, 0.4) is 0 Å².